The van der Waals surface area contributed by atoms with Gasteiger partial charge in [-0.15, -0.1) is 0 Å². The summed E-state index contributed by atoms with van der Waals surface area (Å²) in [7, 11) is 0. The van der Waals surface area contributed by atoms with Crippen molar-refractivity contribution in [1.29, 1.82) is 0 Å². The van der Waals surface area contributed by atoms with Crippen molar-refractivity contribution in [3.05, 3.63) is 35.4 Å². The normalized spacial score (nSPS) is 10.2. The van der Waals surface area contributed by atoms with Gasteiger partial charge in [-0.3, -0.25) is 9.59 Å². The third kappa shape index (κ3) is 7.40. The van der Waals surface area contributed by atoms with Gasteiger partial charge in [-0.05, 0) is 38.8 Å². The van der Waals surface area contributed by atoms with Crippen molar-refractivity contribution in [2.24, 2.45) is 0 Å². The van der Waals surface area contributed by atoms with Gasteiger partial charge in [0.2, 0.25) is 0 Å². The Morgan fingerprint density at radius 1 is 0.750 bits per heavy atom. The molecule has 0 fully saturated rings. The van der Waals surface area contributed by atoms with Crippen LogP contribution < -0.4 is 0 Å². The van der Waals surface area contributed by atoms with Crippen molar-refractivity contribution in [1.82, 2.24) is 0 Å². The van der Waals surface area contributed by atoms with Crippen LogP contribution in [0.3, 0.4) is 0 Å². The fourth-order valence-electron chi connectivity index (χ4n) is 2.29. The number of ether oxygens (including phenoxy) is 2. The van der Waals surface area contributed by atoms with E-state index < -0.39 is 0 Å². The van der Waals surface area contributed by atoms with Gasteiger partial charge in [0.05, 0.1) is 18.8 Å². The van der Waals surface area contributed by atoms with Gasteiger partial charge in [-0.2, -0.15) is 0 Å². The third-order valence-electron chi connectivity index (χ3n) is 3.56. The van der Waals surface area contributed by atoms with Crippen molar-refractivity contribution >= 4 is 17.7 Å². The van der Waals surface area contributed by atoms with Crippen LogP contribution >= 0.6 is 0 Å². The maximum absolute atomic E-state index is 12.1. The van der Waals surface area contributed by atoms with Gasteiger partial charge in [0.1, 0.15) is 0 Å². The van der Waals surface area contributed by atoms with Gasteiger partial charge < -0.3 is 9.47 Å². The van der Waals surface area contributed by atoms with E-state index in [1.54, 1.807) is 38.1 Å². The van der Waals surface area contributed by atoms with Crippen molar-refractivity contribution in [3.63, 3.8) is 0 Å². The van der Waals surface area contributed by atoms with Crippen molar-refractivity contribution < 1.29 is 23.9 Å². The highest BCUT2D eigenvalue weighted by Crippen LogP contribution is 2.12. The second-order valence-corrected chi connectivity index (χ2v) is 5.44. The Morgan fingerprint density at radius 2 is 1.29 bits per heavy atom. The largest absolute Gasteiger partial charge is 0.466 e. The SMILES string of the molecule is CCOC(=O)CCCCCCC(=O)c1ccc(C(=O)OCC)cc1. The standard InChI is InChI=1S/C19H26O5/c1-3-23-18(21)10-8-6-5-7-9-17(20)15-11-13-16(14-12-15)19(22)24-4-2/h11-14H,3-10H2,1-2H3. The second-order valence-electron chi connectivity index (χ2n) is 5.44. The fourth-order valence-corrected chi connectivity index (χ4v) is 2.29. The summed E-state index contributed by atoms with van der Waals surface area (Å²) in [4.78, 5) is 34.8. The molecule has 0 saturated heterocycles. The molecule has 1 rings (SSSR count). The first kappa shape index (κ1) is 19.9. The van der Waals surface area contributed by atoms with Crippen LogP contribution in [0.15, 0.2) is 24.3 Å². The quantitative estimate of drug-likeness (QED) is 0.348. The van der Waals surface area contributed by atoms with Crippen LogP contribution in [0.1, 0.15) is 73.1 Å². The summed E-state index contributed by atoms with van der Waals surface area (Å²) >= 11 is 0. The monoisotopic (exact) mass is 334 g/mol. The highest BCUT2D eigenvalue weighted by atomic mass is 16.5. The summed E-state index contributed by atoms with van der Waals surface area (Å²) in [6, 6.07) is 6.56. The molecule has 0 aliphatic rings. The third-order valence-corrected chi connectivity index (χ3v) is 3.56. The molecule has 0 atom stereocenters. The zero-order valence-electron chi connectivity index (χ0n) is 14.5. The summed E-state index contributed by atoms with van der Waals surface area (Å²) in [6.07, 6.45) is 4.32. The maximum atomic E-state index is 12.1. The molecular weight excluding hydrogens is 308 g/mol. The Bertz CT molecular complexity index is 533. The number of benzene rings is 1. The maximum Gasteiger partial charge on any atom is 0.338 e. The zero-order chi connectivity index (χ0) is 17.8. The number of hydrogen-bond donors (Lipinski definition) is 0. The van der Waals surface area contributed by atoms with Gasteiger partial charge >= 0.3 is 11.9 Å². The number of rotatable bonds is 11. The summed E-state index contributed by atoms with van der Waals surface area (Å²) in [5, 5.41) is 0. The lowest BCUT2D eigenvalue weighted by Crippen LogP contribution is -2.05. The smallest absolute Gasteiger partial charge is 0.338 e. The predicted octanol–water partition coefficient (Wildman–Crippen LogP) is 3.95. The minimum atomic E-state index is -0.377. The summed E-state index contributed by atoms with van der Waals surface area (Å²) in [5.41, 5.74) is 1.06. The van der Waals surface area contributed by atoms with Crippen molar-refractivity contribution in [2.75, 3.05) is 13.2 Å². The van der Waals surface area contributed by atoms with Crippen LogP contribution in [0.5, 0.6) is 0 Å². The number of ketones is 1. The van der Waals surface area contributed by atoms with Crippen LogP contribution in [0.25, 0.3) is 0 Å². The molecule has 0 heterocycles. The average Bonchev–Trinajstić information content (AvgIpc) is 2.58. The van der Waals surface area contributed by atoms with Crippen LogP contribution in [0.2, 0.25) is 0 Å². The van der Waals surface area contributed by atoms with E-state index in [0.717, 1.165) is 25.7 Å². The molecule has 0 unspecified atom stereocenters. The molecular formula is C19H26O5. The minimum absolute atomic E-state index is 0.0656. The van der Waals surface area contributed by atoms with E-state index in [-0.39, 0.29) is 17.7 Å². The lowest BCUT2D eigenvalue weighted by molar-refractivity contribution is -0.143. The number of Topliss-reactive ketones (excluding diaryl/α,β-unsaturated/α-hetero) is 1. The van der Waals surface area contributed by atoms with E-state index in [1.165, 1.54) is 0 Å². The van der Waals surface area contributed by atoms with Crippen molar-refractivity contribution in [3.8, 4) is 0 Å². The summed E-state index contributed by atoms with van der Waals surface area (Å²) < 4.78 is 9.77. The first-order valence-electron chi connectivity index (χ1n) is 8.54. The van der Waals surface area contributed by atoms with Gasteiger partial charge in [-0.1, -0.05) is 25.0 Å². The zero-order valence-corrected chi connectivity index (χ0v) is 14.5. The molecule has 0 radical (unpaired) electrons. The Morgan fingerprint density at radius 3 is 1.88 bits per heavy atom. The summed E-state index contributed by atoms with van der Waals surface area (Å²) in [5.74, 6) is -0.468. The Labute approximate surface area is 143 Å². The first-order valence-corrected chi connectivity index (χ1v) is 8.54. The van der Waals surface area contributed by atoms with E-state index >= 15 is 0 Å². The van der Waals surface area contributed by atoms with Gasteiger partial charge in [0.25, 0.3) is 0 Å². The van der Waals surface area contributed by atoms with Gasteiger partial charge in [0, 0.05) is 18.4 Å². The topological polar surface area (TPSA) is 69.7 Å². The van der Waals surface area contributed by atoms with Crippen LogP contribution in [-0.2, 0) is 14.3 Å². The molecule has 0 N–H and O–H groups in total. The van der Waals surface area contributed by atoms with Gasteiger partial charge in [0.15, 0.2) is 5.78 Å². The molecule has 1 aromatic carbocycles. The highest BCUT2D eigenvalue weighted by molar-refractivity contribution is 5.97. The van der Waals surface area contributed by atoms with E-state index in [1.807, 2.05) is 0 Å². The van der Waals surface area contributed by atoms with Crippen LogP contribution in [-0.4, -0.2) is 30.9 Å². The van der Waals surface area contributed by atoms with E-state index in [4.69, 9.17) is 9.47 Å². The number of hydrogen-bond acceptors (Lipinski definition) is 5. The Balaban J connectivity index is 2.25. The fraction of sp³-hybridized carbons (Fsp3) is 0.526. The molecule has 0 spiro atoms. The molecule has 132 valence electrons. The van der Waals surface area contributed by atoms with E-state index in [0.29, 0.717) is 37.2 Å². The molecule has 5 nitrogen and oxygen atoms in total. The lowest BCUT2D eigenvalue weighted by Gasteiger charge is -2.04. The number of carbonyl (C=O) groups excluding carboxylic acids is 3. The molecule has 0 amide bonds. The highest BCUT2D eigenvalue weighted by Gasteiger charge is 2.09. The number of unbranched alkanes of at least 4 members (excludes halogenated alkanes) is 3. The average molecular weight is 334 g/mol. The molecule has 0 aliphatic heterocycles. The molecule has 0 bridgehead atoms. The Hall–Kier alpha value is -2.17. The first-order chi connectivity index (χ1) is 11.6. The van der Waals surface area contributed by atoms with Crippen molar-refractivity contribution in [2.45, 2.75) is 52.4 Å². The second kappa shape index (κ2) is 11.4. The Kier molecular flexibility index (Phi) is 9.42. The number of esters is 2. The molecule has 5 heteroatoms. The molecule has 0 aromatic heterocycles. The predicted molar refractivity (Wildman–Crippen MR) is 91.1 cm³/mol. The molecule has 1 aromatic rings. The van der Waals surface area contributed by atoms with Gasteiger partial charge in [-0.25, -0.2) is 4.79 Å². The minimum Gasteiger partial charge on any atom is -0.466 e. The number of carbonyl (C=O) groups is 3. The molecule has 0 aliphatic carbocycles. The molecule has 0 saturated carbocycles. The van der Waals surface area contributed by atoms with E-state index in [9.17, 15) is 14.4 Å². The van der Waals surface area contributed by atoms with Crippen LogP contribution in [0.4, 0.5) is 0 Å². The molecule has 24 heavy (non-hydrogen) atoms. The summed E-state index contributed by atoms with van der Waals surface area (Å²) in [6.45, 7) is 4.29. The van der Waals surface area contributed by atoms with E-state index in [2.05, 4.69) is 0 Å². The lowest BCUT2D eigenvalue weighted by atomic mass is 10.0. The van der Waals surface area contributed by atoms with Crippen LogP contribution in [0, 0.1) is 0 Å².